The van der Waals surface area contributed by atoms with Crippen molar-refractivity contribution in [2.24, 2.45) is 0 Å². The van der Waals surface area contributed by atoms with Gasteiger partial charge in [-0.25, -0.2) is 9.97 Å². The molecule has 0 aliphatic carbocycles. The highest BCUT2D eigenvalue weighted by Gasteiger charge is 2.11. The molecule has 0 aliphatic heterocycles. The number of anilines is 3. The van der Waals surface area contributed by atoms with Gasteiger partial charge in [0.25, 0.3) is 5.91 Å². The quantitative estimate of drug-likeness (QED) is 0.501. The van der Waals surface area contributed by atoms with Crippen LogP contribution < -0.4 is 10.6 Å². The molecular formula is C22H17N5O2. The summed E-state index contributed by atoms with van der Waals surface area (Å²) in [6.07, 6.45) is 4.54. The Morgan fingerprint density at radius 2 is 1.72 bits per heavy atom. The van der Waals surface area contributed by atoms with E-state index in [0.29, 0.717) is 28.3 Å². The van der Waals surface area contributed by atoms with Gasteiger partial charge in [-0.15, -0.1) is 0 Å². The van der Waals surface area contributed by atoms with Gasteiger partial charge in [0, 0.05) is 22.8 Å². The summed E-state index contributed by atoms with van der Waals surface area (Å²) in [4.78, 5) is 36.8. The van der Waals surface area contributed by atoms with E-state index in [2.05, 4.69) is 25.6 Å². The van der Waals surface area contributed by atoms with Crippen molar-refractivity contribution in [1.82, 2.24) is 15.0 Å². The first kappa shape index (κ1) is 18.2. The second-order valence-electron chi connectivity index (χ2n) is 6.38. The van der Waals surface area contributed by atoms with Crippen molar-refractivity contribution >= 4 is 39.8 Å². The zero-order chi connectivity index (χ0) is 20.2. The standard InChI is InChI=1S/C22H17N5O2/c1-14(28)16-6-2-8-17(11-16)26-20-13-24-19(12-25-20)22(29)27-18-9-3-5-15-7-4-10-23-21(15)18/h2-13H,1H3,(H,25,26)(H,27,29). The summed E-state index contributed by atoms with van der Waals surface area (Å²) in [5.74, 6) is 0.0736. The summed E-state index contributed by atoms with van der Waals surface area (Å²) in [6, 6.07) is 16.4. The number of hydrogen-bond donors (Lipinski definition) is 2. The molecule has 29 heavy (non-hydrogen) atoms. The van der Waals surface area contributed by atoms with Crippen LogP contribution in [0.4, 0.5) is 17.2 Å². The molecule has 0 spiro atoms. The molecule has 0 aliphatic rings. The normalized spacial score (nSPS) is 10.5. The molecule has 0 radical (unpaired) electrons. The van der Waals surface area contributed by atoms with Crippen LogP contribution in [0.2, 0.25) is 0 Å². The summed E-state index contributed by atoms with van der Waals surface area (Å²) < 4.78 is 0. The Kier molecular flexibility index (Phi) is 4.94. The molecule has 142 valence electrons. The van der Waals surface area contributed by atoms with Gasteiger partial charge in [0.1, 0.15) is 11.5 Å². The van der Waals surface area contributed by atoms with Crippen LogP contribution in [0.15, 0.2) is 73.2 Å². The van der Waals surface area contributed by atoms with Crippen molar-refractivity contribution < 1.29 is 9.59 Å². The van der Waals surface area contributed by atoms with Gasteiger partial charge in [-0.3, -0.25) is 14.6 Å². The number of ketones is 1. The van der Waals surface area contributed by atoms with E-state index in [1.165, 1.54) is 19.3 Å². The predicted molar refractivity (Wildman–Crippen MR) is 111 cm³/mol. The van der Waals surface area contributed by atoms with Crippen LogP contribution >= 0.6 is 0 Å². The second-order valence-corrected chi connectivity index (χ2v) is 6.38. The lowest BCUT2D eigenvalue weighted by atomic mass is 10.1. The minimum atomic E-state index is -0.374. The fourth-order valence-corrected chi connectivity index (χ4v) is 2.87. The summed E-state index contributed by atoms with van der Waals surface area (Å²) in [6.45, 7) is 1.51. The van der Waals surface area contributed by atoms with Gasteiger partial charge in [0.05, 0.1) is 23.6 Å². The van der Waals surface area contributed by atoms with Crippen molar-refractivity contribution in [2.75, 3.05) is 10.6 Å². The summed E-state index contributed by atoms with van der Waals surface area (Å²) in [5, 5.41) is 6.83. The third-order valence-electron chi connectivity index (χ3n) is 4.31. The molecule has 1 amide bonds. The molecule has 0 bridgehead atoms. The minimum absolute atomic E-state index is 0.0188. The zero-order valence-corrected chi connectivity index (χ0v) is 15.6. The fourth-order valence-electron chi connectivity index (χ4n) is 2.87. The Bertz CT molecular complexity index is 1200. The summed E-state index contributed by atoms with van der Waals surface area (Å²) in [5.41, 5.74) is 2.81. The summed E-state index contributed by atoms with van der Waals surface area (Å²) >= 11 is 0. The number of rotatable bonds is 5. The van der Waals surface area contributed by atoms with E-state index < -0.39 is 0 Å². The Labute approximate surface area is 166 Å². The number of nitrogens with zero attached hydrogens (tertiary/aromatic N) is 3. The molecular weight excluding hydrogens is 366 g/mol. The Hall–Kier alpha value is -4.13. The van der Waals surface area contributed by atoms with Crippen LogP contribution in [0.1, 0.15) is 27.8 Å². The van der Waals surface area contributed by atoms with Crippen LogP contribution in [0.25, 0.3) is 10.9 Å². The number of Topliss-reactive ketones (excluding diaryl/α,β-unsaturated/α-hetero) is 1. The first-order chi connectivity index (χ1) is 14.1. The monoisotopic (exact) mass is 383 g/mol. The maximum atomic E-state index is 12.5. The topological polar surface area (TPSA) is 96.9 Å². The van der Waals surface area contributed by atoms with Crippen LogP contribution in [0.3, 0.4) is 0 Å². The number of amides is 1. The smallest absolute Gasteiger partial charge is 0.275 e. The zero-order valence-electron chi connectivity index (χ0n) is 15.6. The van der Waals surface area contributed by atoms with E-state index in [1.807, 2.05) is 30.3 Å². The van der Waals surface area contributed by atoms with Crippen LogP contribution in [-0.4, -0.2) is 26.6 Å². The molecule has 2 N–H and O–H groups in total. The molecule has 2 aromatic heterocycles. The molecule has 0 saturated heterocycles. The first-order valence-corrected chi connectivity index (χ1v) is 8.95. The number of carbonyl (C=O) groups excluding carboxylic acids is 2. The van der Waals surface area contributed by atoms with Gasteiger partial charge < -0.3 is 10.6 Å². The number of benzene rings is 2. The maximum Gasteiger partial charge on any atom is 0.275 e. The highest BCUT2D eigenvalue weighted by atomic mass is 16.2. The van der Waals surface area contributed by atoms with Crippen LogP contribution in [-0.2, 0) is 0 Å². The van der Waals surface area contributed by atoms with Crippen molar-refractivity contribution in [3.05, 3.63) is 84.4 Å². The first-order valence-electron chi connectivity index (χ1n) is 8.95. The van der Waals surface area contributed by atoms with Gasteiger partial charge >= 0.3 is 0 Å². The SMILES string of the molecule is CC(=O)c1cccc(Nc2cnc(C(=O)Nc3cccc4cccnc34)cn2)c1. The molecule has 0 unspecified atom stereocenters. The average Bonchev–Trinajstić information content (AvgIpc) is 2.75. The Morgan fingerprint density at radius 3 is 2.52 bits per heavy atom. The van der Waals surface area contributed by atoms with Gasteiger partial charge in [-0.1, -0.05) is 30.3 Å². The van der Waals surface area contributed by atoms with Gasteiger partial charge in [0.15, 0.2) is 5.78 Å². The van der Waals surface area contributed by atoms with E-state index in [1.54, 1.807) is 30.5 Å². The van der Waals surface area contributed by atoms with Crippen LogP contribution in [0.5, 0.6) is 0 Å². The molecule has 7 heteroatoms. The fraction of sp³-hybridized carbons (Fsp3) is 0.0455. The number of para-hydroxylation sites is 1. The maximum absolute atomic E-state index is 12.5. The Balaban J connectivity index is 1.49. The lowest BCUT2D eigenvalue weighted by Crippen LogP contribution is -2.14. The molecule has 4 aromatic rings. The van der Waals surface area contributed by atoms with Gasteiger partial charge in [0.2, 0.25) is 0 Å². The predicted octanol–water partition coefficient (Wildman–Crippen LogP) is 4.22. The van der Waals surface area contributed by atoms with E-state index in [-0.39, 0.29) is 17.4 Å². The lowest BCUT2D eigenvalue weighted by Gasteiger charge is -2.09. The number of hydrogen-bond acceptors (Lipinski definition) is 6. The number of fused-ring (bicyclic) bond motifs is 1. The largest absolute Gasteiger partial charge is 0.339 e. The number of pyridine rings is 1. The van der Waals surface area contributed by atoms with E-state index in [0.717, 1.165) is 5.39 Å². The highest BCUT2D eigenvalue weighted by Crippen LogP contribution is 2.21. The van der Waals surface area contributed by atoms with E-state index >= 15 is 0 Å². The van der Waals surface area contributed by atoms with Crippen molar-refractivity contribution in [1.29, 1.82) is 0 Å². The van der Waals surface area contributed by atoms with Crippen molar-refractivity contribution in [3.63, 3.8) is 0 Å². The van der Waals surface area contributed by atoms with E-state index in [9.17, 15) is 9.59 Å². The third-order valence-corrected chi connectivity index (χ3v) is 4.31. The van der Waals surface area contributed by atoms with Gasteiger partial charge in [-0.05, 0) is 31.2 Å². The minimum Gasteiger partial charge on any atom is -0.339 e. The molecule has 7 nitrogen and oxygen atoms in total. The second kappa shape index (κ2) is 7.85. The number of nitrogens with one attached hydrogen (secondary N) is 2. The molecule has 2 aromatic carbocycles. The molecule has 0 fully saturated rings. The lowest BCUT2D eigenvalue weighted by molar-refractivity contribution is 0.101. The molecule has 0 saturated carbocycles. The number of aromatic nitrogens is 3. The van der Waals surface area contributed by atoms with Crippen LogP contribution in [0, 0.1) is 0 Å². The summed E-state index contributed by atoms with van der Waals surface area (Å²) in [7, 11) is 0. The molecule has 4 rings (SSSR count). The van der Waals surface area contributed by atoms with E-state index in [4.69, 9.17) is 0 Å². The average molecular weight is 383 g/mol. The number of carbonyl (C=O) groups is 2. The highest BCUT2D eigenvalue weighted by molar-refractivity contribution is 6.07. The third kappa shape index (κ3) is 4.08. The Morgan fingerprint density at radius 1 is 0.897 bits per heavy atom. The van der Waals surface area contributed by atoms with Crippen molar-refractivity contribution in [2.45, 2.75) is 6.92 Å². The van der Waals surface area contributed by atoms with Gasteiger partial charge in [-0.2, -0.15) is 0 Å². The molecule has 2 heterocycles. The molecule has 0 atom stereocenters. The van der Waals surface area contributed by atoms with Crippen molar-refractivity contribution in [3.8, 4) is 0 Å².